The Hall–Kier alpha value is -1.81. The smallest absolute Gasteiger partial charge is 0.333 e. The minimum atomic E-state index is -0.354. The summed E-state index contributed by atoms with van der Waals surface area (Å²) in [5.41, 5.74) is 2.84. The molecular formula is C31H48O4. The Morgan fingerprint density at radius 3 is 2.31 bits per heavy atom. The molecule has 0 aliphatic heterocycles. The van der Waals surface area contributed by atoms with E-state index in [4.69, 9.17) is 9.47 Å². The van der Waals surface area contributed by atoms with Crippen LogP contribution in [0, 0.1) is 17.8 Å². The zero-order chi connectivity index (χ0) is 25.0. The van der Waals surface area contributed by atoms with E-state index in [0.29, 0.717) is 24.5 Å². The highest BCUT2D eigenvalue weighted by molar-refractivity contribution is 5.86. The van der Waals surface area contributed by atoms with Gasteiger partial charge in [0, 0.05) is 12.0 Å². The SMILES string of the molecule is C=C(C)C(=O)OCCc1cc(C2CCC(C3CCC(CCCCC)CC3)CC2)ccc1OCCO. The molecule has 0 radical (unpaired) electrons. The third-order valence-electron chi connectivity index (χ3n) is 8.40. The fraction of sp³-hybridized carbons (Fsp3) is 0.710. The molecule has 196 valence electrons. The molecule has 0 amide bonds. The highest BCUT2D eigenvalue weighted by Crippen LogP contribution is 2.45. The van der Waals surface area contributed by atoms with Crippen LogP contribution in [0.25, 0.3) is 0 Å². The van der Waals surface area contributed by atoms with Crippen molar-refractivity contribution in [2.45, 2.75) is 103 Å². The number of ether oxygens (including phenoxy) is 2. The third-order valence-corrected chi connectivity index (χ3v) is 8.40. The van der Waals surface area contributed by atoms with Gasteiger partial charge in [-0.05, 0) is 86.3 Å². The topological polar surface area (TPSA) is 55.8 Å². The van der Waals surface area contributed by atoms with Crippen molar-refractivity contribution in [2.24, 2.45) is 17.8 Å². The summed E-state index contributed by atoms with van der Waals surface area (Å²) in [6.45, 7) is 8.16. The van der Waals surface area contributed by atoms with Gasteiger partial charge in [-0.1, -0.05) is 64.2 Å². The fourth-order valence-corrected chi connectivity index (χ4v) is 6.28. The minimum Gasteiger partial charge on any atom is -0.491 e. The van der Waals surface area contributed by atoms with E-state index in [-0.39, 0.29) is 19.2 Å². The van der Waals surface area contributed by atoms with Gasteiger partial charge in [-0.2, -0.15) is 0 Å². The van der Waals surface area contributed by atoms with E-state index in [1.165, 1.54) is 82.6 Å². The number of hydrogen-bond acceptors (Lipinski definition) is 4. The molecule has 1 aromatic carbocycles. The van der Waals surface area contributed by atoms with Gasteiger partial charge < -0.3 is 14.6 Å². The normalized spacial score (nSPS) is 24.7. The predicted molar refractivity (Wildman–Crippen MR) is 143 cm³/mol. The summed E-state index contributed by atoms with van der Waals surface area (Å²) in [4.78, 5) is 11.8. The molecule has 4 nitrogen and oxygen atoms in total. The van der Waals surface area contributed by atoms with Gasteiger partial charge in [0.15, 0.2) is 0 Å². The van der Waals surface area contributed by atoms with E-state index < -0.39 is 0 Å². The molecule has 35 heavy (non-hydrogen) atoms. The molecule has 0 atom stereocenters. The van der Waals surface area contributed by atoms with Crippen LogP contribution in [0.4, 0.5) is 0 Å². The van der Waals surface area contributed by atoms with Crippen LogP contribution in [0.3, 0.4) is 0 Å². The molecule has 3 rings (SSSR count). The van der Waals surface area contributed by atoms with Gasteiger partial charge in [0.2, 0.25) is 0 Å². The van der Waals surface area contributed by atoms with Crippen molar-refractivity contribution < 1.29 is 19.4 Å². The molecule has 2 fully saturated rings. The van der Waals surface area contributed by atoms with Crippen LogP contribution in [0.5, 0.6) is 5.75 Å². The van der Waals surface area contributed by atoms with Crippen molar-refractivity contribution in [2.75, 3.05) is 19.8 Å². The first kappa shape index (κ1) is 27.8. The maximum absolute atomic E-state index is 11.8. The second-order valence-corrected chi connectivity index (χ2v) is 11.0. The minimum absolute atomic E-state index is 0.0174. The lowest BCUT2D eigenvalue weighted by atomic mass is 9.68. The van der Waals surface area contributed by atoms with Gasteiger partial charge >= 0.3 is 5.97 Å². The average molecular weight is 485 g/mol. The number of benzene rings is 1. The van der Waals surface area contributed by atoms with Crippen LogP contribution in [0.2, 0.25) is 0 Å². The van der Waals surface area contributed by atoms with Gasteiger partial charge in [0.25, 0.3) is 0 Å². The Kier molecular flexibility index (Phi) is 11.6. The summed E-state index contributed by atoms with van der Waals surface area (Å²) in [7, 11) is 0. The van der Waals surface area contributed by atoms with Crippen molar-refractivity contribution in [1.82, 2.24) is 0 Å². The monoisotopic (exact) mass is 484 g/mol. The lowest BCUT2D eigenvalue weighted by Crippen LogP contribution is -2.25. The second-order valence-electron chi connectivity index (χ2n) is 11.0. The molecule has 0 saturated heterocycles. The zero-order valence-corrected chi connectivity index (χ0v) is 22.2. The van der Waals surface area contributed by atoms with Crippen LogP contribution in [0.15, 0.2) is 30.4 Å². The first-order valence-electron chi connectivity index (χ1n) is 14.2. The van der Waals surface area contributed by atoms with Crippen LogP contribution in [-0.2, 0) is 16.0 Å². The van der Waals surface area contributed by atoms with E-state index in [0.717, 1.165) is 29.1 Å². The summed E-state index contributed by atoms with van der Waals surface area (Å²) in [6.07, 6.45) is 17.3. The van der Waals surface area contributed by atoms with Crippen molar-refractivity contribution in [1.29, 1.82) is 0 Å². The summed E-state index contributed by atoms with van der Waals surface area (Å²) >= 11 is 0. The molecule has 0 aromatic heterocycles. The number of aliphatic hydroxyl groups excluding tert-OH is 1. The fourth-order valence-electron chi connectivity index (χ4n) is 6.28. The molecule has 4 heteroatoms. The molecule has 1 N–H and O–H groups in total. The third kappa shape index (κ3) is 8.66. The van der Waals surface area contributed by atoms with E-state index in [9.17, 15) is 9.90 Å². The van der Waals surface area contributed by atoms with Crippen molar-refractivity contribution in [3.8, 4) is 5.75 Å². The molecule has 1 aromatic rings. The molecule has 0 bridgehead atoms. The zero-order valence-electron chi connectivity index (χ0n) is 22.2. The predicted octanol–water partition coefficient (Wildman–Crippen LogP) is 7.38. The molecule has 0 heterocycles. The first-order chi connectivity index (χ1) is 17.0. The van der Waals surface area contributed by atoms with Gasteiger partial charge in [-0.15, -0.1) is 0 Å². The summed E-state index contributed by atoms with van der Waals surface area (Å²) < 4.78 is 11.1. The molecular weight excluding hydrogens is 436 g/mol. The summed E-state index contributed by atoms with van der Waals surface area (Å²) in [6, 6.07) is 6.48. The molecule has 2 saturated carbocycles. The summed E-state index contributed by atoms with van der Waals surface area (Å²) in [5, 5.41) is 9.18. The van der Waals surface area contributed by atoms with Crippen molar-refractivity contribution >= 4 is 5.97 Å². The quantitative estimate of drug-likeness (QED) is 0.180. The maximum atomic E-state index is 11.8. The highest BCUT2D eigenvalue weighted by Gasteiger charge is 2.31. The Labute approximate surface area is 213 Å². The Morgan fingerprint density at radius 1 is 1.00 bits per heavy atom. The van der Waals surface area contributed by atoms with Crippen LogP contribution < -0.4 is 4.74 Å². The Balaban J connectivity index is 1.51. The summed E-state index contributed by atoms with van der Waals surface area (Å²) in [5.74, 6) is 3.88. The van der Waals surface area contributed by atoms with Gasteiger partial charge in [-0.25, -0.2) is 4.79 Å². The molecule has 2 aliphatic rings. The van der Waals surface area contributed by atoms with Crippen molar-refractivity contribution in [3.63, 3.8) is 0 Å². The molecule has 2 aliphatic carbocycles. The second kappa shape index (κ2) is 14.7. The number of carbonyl (C=O) groups excluding carboxylic acids is 1. The highest BCUT2D eigenvalue weighted by atomic mass is 16.5. The van der Waals surface area contributed by atoms with E-state index in [1.807, 2.05) is 6.07 Å². The maximum Gasteiger partial charge on any atom is 0.333 e. The average Bonchev–Trinajstić information content (AvgIpc) is 2.88. The van der Waals surface area contributed by atoms with Crippen LogP contribution >= 0.6 is 0 Å². The van der Waals surface area contributed by atoms with E-state index >= 15 is 0 Å². The lowest BCUT2D eigenvalue weighted by molar-refractivity contribution is -0.138. The molecule has 0 unspecified atom stereocenters. The molecule has 0 spiro atoms. The standard InChI is InChI=1S/C31H48O4/c1-4-5-6-7-24-8-10-25(11-9-24)26-12-14-27(15-13-26)28-16-17-30(34-21-19-32)29(22-28)18-20-35-31(33)23(2)3/h16-17,22,24-27,32H,2,4-15,18-21H2,1,3H3. The number of carbonyl (C=O) groups is 1. The Bertz CT molecular complexity index is 785. The van der Waals surface area contributed by atoms with Gasteiger partial charge in [0.1, 0.15) is 12.4 Å². The first-order valence-corrected chi connectivity index (χ1v) is 14.2. The van der Waals surface area contributed by atoms with Gasteiger partial charge in [0.05, 0.1) is 13.2 Å². The number of unbranched alkanes of at least 4 members (excludes halogenated alkanes) is 2. The number of esters is 1. The number of hydrogen-bond donors (Lipinski definition) is 1. The van der Waals surface area contributed by atoms with Crippen molar-refractivity contribution in [3.05, 3.63) is 41.5 Å². The largest absolute Gasteiger partial charge is 0.491 e. The number of aliphatic hydroxyl groups is 1. The van der Waals surface area contributed by atoms with Crippen LogP contribution in [0.1, 0.15) is 108 Å². The number of rotatable bonds is 13. The van der Waals surface area contributed by atoms with E-state index in [2.05, 4.69) is 25.6 Å². The Morgan fingerprint density at radius 2 is 1.69 bits per heavy atom. The van der Waals surface area contributed by atoms with E-state index in [1.54, 1.807) is 6.92 Å². The van der Waals surface area contributed by atoms with Crippen LogP contribution in [-0.4, -0.2) is 30.9 Å². The lowest BCUT2D eigenvalue weighted by Gasteiger charge is -2.38. The van der Waals surface area contributed by atoms with Gasteiger partial charge in [-0.3, -0.25) is 0 Å².